The van der Waals surface area contributed by atoms with Crippen LogP contribution in [0.5, 0.6) is 0 Å². The number of nitrogens with one attached hydrogen (secondary N) is 1. The number of hydrogen-bond donors (Lipinski definition) is 2. The molecule has 0 radical (unpaired) electrons. The minimum Gasteiger partial charge on any atom is -0.392 e. The van der Waals surface area contributed by atoms with Crippen LogP contribution in [0.25, 0.3) is 0 Å². The molecule has 0 spiro atoms. The normalized spacial score (nSPS) is 15.7. The predicted molar refractivity (Wildman–Crippen MR) is 88.8 cm³/mol. The Kier molecular flexibility index (Phi) is 5.80. The van der Waals surface area contributed by atoms with E-state index < -0.39 is 0 Å². The lowest BCUT2D eigenvalue weighted by Crippen LogP contribution is -2.38. The third kappa shape index (κ3) is 5.31. The average Bonchev–Trinajstić information content (AvgIpc) is 3.30. The maximum absolute atomic E-state index is 11.9. The van der Waals surface area contributed by atoms with E-state index in [0.717, 1.165) is 24.1 Å². The van der Waals surface area contributed by atoms with Gasteiger partial charge in [-0.25, -0.2) is 0 Å². The summed E-state index contributed by atoms with van der Waals surface area (Å²) < 4.78 is 0. The molecule has 0 saturated heterocycles. The Morgan fingerprint density at radius 3 is 2.45 bits per heavy atom. The Labute approximate surface area is 132 Å². The summed E-state index contributed by atoms with van der Waals surface area (Å²) in [5.41, 5.74) is 2.23. The quantitative estimate of drug-likeness (QED) is 0.754. The van der Waals surface area contributed by atoms with Gasteiger partial charge in [-0.05, 0) is 43.5 Å². The van der Waals surface area contributed by atoms with Crippen molar-refractivity contribution in [2.75, 3.05) is 39.1 Å². The molecule has 1 atom stereocenters. The number of aliphatic hydroxyl groups excluding tert-OH is 1. The van der Waals surface area contributed by atoms with E-state index in [4.69, 9.17) is 0 Å². The van der Waals surface area contributed by atoms with Gasteiger partial charge >= 0.3 is 0 Å². The fourth-order valence-electron chi connectivity index (χ4n) is 2.43. The zero-order valence-electron chi connectivity index (χ0n) is 13.7. The standard InChI is InChI=1S/C17H27N3O2/c1-19(2)15-8-4-13(5-9-15)10-18-17(22)12-20(3)11-16(21)14-6-7-14/h4-5,8-9,14,16,21H,6-7,10-12H2,1-3H3,(H,18,22). The first-order valence-electron chi connectivity index (χ1n) is 7.85. The third-order valence-electron chi connectivity index (χ3n) is 4.02. The zero-order valence-corrected chi connectivity index (χ0v) is 13.7. The van der Waals surface area contributed by atoms with Crippen molar-refractivity contribution in [2.24, 2.45) is 5.92 Å². The number of amides is 1. The van der Waals surface area contributed by atoms with Crippen molar-refractivity contribution in [3.63, 3.8) is 0 Å². The Hall–Kier alpha value is -1.59. The van der Waals surface area contributed by atoms with E-state index in [1.165, 1.54) is 0 Å². The maximum Gasteiger partial charge on any atom is 0.234 e. The van der Waals surface area contributed by atoms with Crippen LogP contribution in [0.4, 0.5) is 5.69 Å². The van der Waals surface area contributed by atoms with Crippen LogP contribution in [-0.2, 0) is 11.3 Å². The molecule has 5 nitrogen and oxygen atoms in total. The van der Waals surface area contributed by atoms with Crippen LogP contribution in [0, 0.1) is 5.92 Å². The highest BCUT2D eigenvalue weighted by Gasteiger charge is 2.30. The smallest absolute Gasteiger partial charge is 0.234 e. The lowest BCUT2D eigenvalue weighted by Gasteiger charge is -2.20. The van der Waals surface area contributed by atoms with Crippen LogP contribution in [0.1, 0.15) is 18.4 Å². The SMILES string of the molecule is CN(CC(=O)NCc1ccc(N(C)C)cc1)CC(O)C1CC1. The highest BCUT2D eigenvalue weighted by Crippen LogP contribution is 2.32. The largest absolute Gasteiger partial charge is 0.392 e. The summed E-state index contributed by atoms with van der Waals surface area (Å²) in [6.07, 6.45) is 1.94. The van der Waals surface area contributed by atoms with Gasteiger partial charge in [0, 0.05) is 32.9 Å². The molecule has 1 fully saturated rings. The van der Waals surface area contributed by atoms with Crippen LogP contribution in [0.2, 0.25) is 0 Å². The first-order valence-corrected chi connectivity index (χ1v) is 7.85. The van der Waals surface area contributed by atoms with E-state index in [2.05, 4.69) is 5.32 Å². The number of likely N-dealkylation sites (N-methyl/N-ethyl adjacent to an activating group) is 1. The molecular weight excluding hydrogens is 278 g/mol. The third-order valence-corrected chi connectivity index (χ3v) is 4.02. The second-order valence-electron chi connectivity index (χ2n) is 6.44. The number of carbonyl (C=O) groups is 1. The monoisotopic (exact) mass is 305 g/mol. The molecule has 1 unspecified atom stereocenters. The van der Waals surface area contributed by atoms with Crippen LogP contribution in [-0.4, -0.2) is 56.3 Å². The topological polar surface area (TPSA) is 55.8 Å². The van der Waals surface area contributed by atoms with E-state index >= 15 is 0 Å². The molecule has 2 rings (SSSR count). The minimum absolute atomic E-state index is 0.0119. The Morgan fingerprint density at radius 2 is 1.91 bits per heavy atom. The van der Waals surface area contributed by atoms with Crippen molar-refractivity contribution in [3.05, 3.63) is 29.8 Å². The Bertz CT molecular complexity index is 483. The number of rotatable bonds is 8. The molecule has 0 aliphatic heterocycles. The van der Waals surface area contributed by atoms with Crippen molar-refractivity contribution in [1.82, 2.24) is 10.2 Å². The van der Waals surface area contributed by atoms with Gasteiger partial charge in [-0.1, -0.05) is 12.1 Å². The Balaban J connectivity index is 1.70. The van der Waals surface area contributed by atoms with Gasteiger partial charge in [-0.15, -0.1) is 0 Å². The summed E-state index contributed by atoms with van der Waals surface area (Å²) in [6, 6.07) is 8.13. The lowest BCUT2D eigenvalue weighted by atomic mass is 10.2. The van der Waals surface area contributed by atoms with Crippen molar-refractivity contribution in [1.29, 1.82) is 0 Å². The van der Waals surface area contributed by atoms with Gasteiger partial charge in [-0.3, -0.25) is 9.69 Å². The lowest BCUT2D eigenvalue weighted by molar-refractivity contribution is -0.122. The van der Waals surface area contributed by atoms with Crippen molar-refractivity contribution in [2.45, 2.75) is 25.5 Å². The number of anilines is 1. The van der Waals surface area contributed by atoms with Gasteiger partial charge in [0.2, 0.25) is 5.91 Å². The molecule has 1 aliphatic carbocycles. The second kappa shape index (κ2) is 7.61. The first-order chi connectivity index (χ1) is 10.5. The summed E-state index contributed by atoms with van der Waals surface area (Å²) in [7, 11) is 5.88. The molecule has 1 saturated carbocycles. The summed E-state index contributed by atoms with van der Waals surface area (Å²) in [5.74, 6) is 0.433. The fourth-order valence-corrected chi connectivity index (χ4v) is 2.43. The molecule has 1 aliphatic rings. The molecular formula is C17H27N3O2. The summed E-state index contributed by atoms with van der Waals surface area (Å²) in [6.45, 7) is 1.42. The fraction of sp³-hybridized carbons (Fsp3) is 0.588. The molecule has 1 amide bonds. The number of benzene rings is 1. The summed E-state index contributed by atoms with van der Waals surface area (Å²) in [5, 5.41) is 12.8. The number of hydrogen-bond acceptors (Lipinski definition) is 4. The molecule has 122 valence electrons. The van der Waals surface area contributed by atoms with Crippen molar-refractivity contribution in [3.8, 4) is 0 Å². The Morgan fingerprint density at radius 1 is 1.27 bits per heavy atom. The van der Waals surface area contributed by atoms with E-state index in [-0.39, 0.29) is 12.0 Å². The predicted octanol–water partition coefficient (Wildman–Crippen LogP) is 1.07. The molecule has 0 bridgehead atoms. The van der Waals surface area contributed by atoms with Crippen LogP contribution >= 0.6 is 0 Å². The first kappa shape index (κ1) is 16.8. The second-order valence-corrected chi connectivity index (χ2v) is 6.44. The number of carbonyl (C=O) groups excluding carboxylic acids is 1. The number of nitrogens with zero attached hydrogens (tertiary/aromatic N) is 2. The number of aliphatic hydroxyl groups is 1. The highest BCUT2D eigenvalue weighted by atomic mass is 16.3. The van der Waals surface area contributed by atoms with Gasteiger partial charge in [0.15, 0.2) is 0 Å². The van der Waals surface area contributed by atoms with Gasteiger partial charge in [0.1, 0.15) is 0 Å². The van der Waals surface area contributed by atoms with Gasteiger partial charge in [-0.2, -0.15) is 0 Å². The van der Waals surface area contributed by atoms with Gasteiger partial charge < -0.3 is 15.3 Å². The van der Waals surface area contributed by atoms with E-state index in [9.17, 15) is 9.90 Å². The zero-order chi connectivity index (χ0) is 16.1. The average molecular weight is 305 g/mol. The maximum atomic E-state index is 11.9. The molecule has 1 aromatic rings. The minimum atomic E-state index is -0.295. The summed E-state index contributed by atoms with van der Waals surface area (Å²) in [4.78, 5) is 15.9. The van der Waals surface area contributed by atoms with Crippen LogP contribution in [0.15, 0.2) is 24.3 Å². The summed E-state index contributed by atoms with van der Waals surface area (Å²) >= 11 is 0. The molecule has 5 heteroatoms. The molecule has 0 aromatic heterocycles. The molecule has 1 aromatic carbocycles. The van der Waals surface area contributed by atoms with E-state index in [0.29, 0.717) is 25.6 Å². The molecule has 22 heavy (non-hydrogen) atoms. The van der Waals surface area contributed by atoms with Gasteiger partial charge in [0.25, 0.3) is 0 Å². The molecule has 0 heterocycles. The van der Waals surface area contributed by atoms with Gasteiger partial charge in [0.05, 0.1) is 12.6 Å². The van der Waals surface area contributed by atoms with Crippen LogP contribution < -0.4 is 10.2 Å². The van der Waals surface area contributed by atoms with E-state index in [1.54, 1.807) is 0 Å². The van der Waals surface area contributed by atoms with Crippen molar-refractivity contribution >= 4 is 11.6 Å². The highest BCUT2D eigenvalue weighted by molar-refractivity contribution is 5.78. The van der Waals surface area contributed by atoms with Crippen molar-refractivity contribution < 1.29 is 9.90 Å². The molecule has 2 N–H and O–H groups in total. The van der Waals surface area contributed by atoms with Crippen LogP contribution in [0.3, 0.4) is 0 Å². The van der Waals surface area contributed by atoms with E-state index in [1.807, 2.05) is 55.2 Å².